The molecule has 3 rings (SSSR count). The highest BCUT2D eigenvalue weighted by Gasteiger charge is 2.24. The van der Waals surface area contributed by atoms with Crippen molar-refractivity contribution < 1.29 is 14.3 Å². The maximum absolute atomic E-state index is 12.6. The van der Waals surface area contributed by atoms with E-state index in [1.54, 1.807) is 11.8 Å². The van der Waals surface area contributed by atoms with Crippen molar-refractivity contribution in [1.82, 2.24) is 20.3 Å². The number of aromatic nitrogens is 3. The highest BCUT2D eigenvalue weighted by Crippen LogP contribution is 2.23. The third kappa shape index (κ3) is 3.82. The number of ether oxygens (including phenoxy) is 2. The lowest BCUT2D eigenvalue weighted by Crippen LogP contribution is -2.32. The Morgan fingerprint density at radius 3 is 2.76 bits per heavy atom. The van der Waals surface area contributed by atoms with Crippen LogP contribution in [0, 0.1) is 0 Å². The van der Waals surface area contributed by atoms with Crippen molar-refractivity contribution in [2.24, 2.45) is 0 Å². The SMILES string of the molecule is COc1ccc(-n2nnc(C(=O)NCC3CCCO3)c2C(C)C)cc1. The number of rotatable bonds is 6. The minimum absolute atomic E-state index is 0.0978. The molecule has 1 aliphatic rings. The number of nitrogens with one attached hydrogen (secondary N) is 1. The molecule has 1 fully saturated rings. The van der Waals surface area contributed by atoms with Gasteiger partial charge in [0.25, 0.3) is 5.91 Å². The van der Waals surface area contributed by atoms with Gasteiger partial charge >= 0.3 is 0 Å². The average molecular weight is 344 g/mol. The van der Waals surface area contributed by atoms with Crippen molar-refractivity contribution in [2.45, 2.75) is 38.7 Å². The second kappa shape index (κ2) is 7.65. The summed E-state index contributed by atoms with van der Waals surface area (Å²) in [5.41, 5.74) is 1.99. The summed E-state index contributed by atoms with van der Waals surface area (Å²) < 4.78 is 12.4. The summed E-state index contributed by atoms with van der Waals surface area (Å²) in [4.78, 5) is 12.6. The molecule has 2 heterocycles. The quantitative estimate of drug-likeness (QED) is 0.870. The van der Waals surface area contributed by atoms with Gasteiger partial charge < -0.3 is 14.8 Å². The Morgan fingerprint density at radius 1 is 1.40 bits per heavy atom. The molecule has 1 saturated heterocycles. The zero-order valence-corrected chi connectivity index (χ0v) is 14.9. The molecule has 7 nitrogen and oxygen atoms in total. The van der Waals surface area contributed by atoms with Gasteiger partial charge in [-0.25, -0.2) is 4.68 Å². The van der Waals surface area contributed by atoms with Crippen LogP contribution in [-0.2, 0) is 4.74 Å². The smallest absolute Gasteiger partial charge is 0.273 e. The molecule has 0 radical (unpaired) electrons. The van der Waals surface area contributed by atoms with E-state index in [1.807, 2.05) is 38.1 Å². The predicted octanol–water partition coefficient (Wildman–Crippen LogP) is 2.31. The Bertz CT molecular complexity index is 718. The van der Waals surface area contributed by atoms with Crippen molar-refractivity contribution >= 4 is 5.91 Å². The molecule has 1 amide bonds. The normalized spacial score (nSPS) is 17.0. The van der Waals surface area contributed by atoms with Gasteiger partial charge in [0.1, 0.15) is 5.75 Å². The summed E-state index contributed by atoms with van der Waals surface area (Å²) in [5, 5.41) is 11.2. The first kappa shape index (κ1) is 17.4. The monoisotopic (exact) mass is 344 g/mol. The topological polar surface area (TPSA) is 78.3 Å². The van der Waals surface area contributed by atoms with E-state index in [-0.39, 0.29) is 17.9 Å². The van der Waals surface area contributed by atoms with E-state index in [0.717, 1.165) is 36.6 Å². The van der Waals surface area contributed by atoms with E-state index in [4.69, 9.17) is 9.47 Å². The van der Waals surface area contributed by atoms with Gasteiger partial charge in [-0.15, -0.1) is 5.10 Å². The number of carbonyl (C=O) groups is 1. The van der Waals surface area contributed by atoms with Gasteiger partial charge in [0, 0.05) is 13.2 Å². The first-order valence-electron chi connectivity index (χ1n) is 8.60. The zero-order chi connectivity index (χ0) is 17.8. The highest BCUT2D eigenvalue weighted by molar-refractivity contribution is 5.93. The number of hydrogen-bond acceptors (Lipinski definition) is 5. The summed E-state index contributed by atoms with van der Waals surface area (Å²) in [5.74, 6) is 0.657. The third-order valence-corrected chi connectivity index (χ3v) is 4.30. The van der Waals surface area contributed by atoms with E-state index >= 15 is 0 Å². The van der Waals surface area contributed by atoms with Crippen molar-refractivity contribution in [3.05, 3.63) is 35.7 Å². The van der Waals surface area contributed by atoms with Gasteiger partial charge in [0.15, 0.2) is 5.69 Å². The lowest BCUT2D eigenvalue weighted by molar-refractivity contribution is 0.0852. The number of nitrogens with zero attached hydrogens (tertiary/aromatic N) is 3. The van der Waals surface area contributed by atoms with E-state index in [2.05, 4.69) is 15.6 Å². The summed E-state index contributed by atoms with van der Waals surface area (Å²) in [7, 11) is 1.63. The Labute approximate surface area is 147 Å². The first-order valence-corrected chi connectivity index (χ1v) is 8.60. The largest absolute Gasteiger partial charge is 0.497 e. The molecule has 0 aliphatic carbocycles. The minimum Gasteiger partial charge on any atom is -0.497 e. The summed E-state index contributed by atoms with van der Waals surface area (Å²) in [6, 6.07) is 7.51. The average Bonchev–Trinajstić information content (AvgIpc) is 3.29. The van der Waals surface area contributed by atoms with Gasteiger partial charge in [-0.1, -0.05) is 19.1 Å². The Balaban J connectivity index is 1.81. The van der Waals surface area contributed by atoms with Gasteiger partial charge in [0.2, 0.25) is 0 Å². The van der Waals surface area contributed by atoms with Gasteiger partial charge in [-0.3, -0.25) is 4.79 Å². The molecule has 1 aromatic carbocycles. The fourth-order valence-electron chi connectivity index (χ4n) is 2.98. The number of amides is 1. The maximum Gasteiger partial charge on any atom is 0.273 e. The molecule has 25 heavy (non-hydrogen) atoms. The molecule has 0 spiro atoms. The van der Waals surface area contributed by atoms with Crippen LogP contribution in [0.3, 0.4) is 0 Å². The van der Waals surface area contributed by atoms with Crippen molar-refractivity contribution in [1.29, 1.82) is 0 Å². The van der Waals surface area contributed by atoms with Crippen LogP contribution in [0.15, 0.2) is 24.3 Å². The molecular formula is C18H24N4O3. The van der Waals surface area contributed by atoms with Crippen LogP contribution in [0.25, 0.3) is 5.69 Å². The van der Waals surface area contributed by atoms with Crippen LogP contribution in [0.1, 0.15) is 48.8 Å². The van der Waals surface area contributed by atoms with Crippen LogP contribution >= 0.6 is 0 Å². The molecule has 0 bridgehead atoms. The van der Waals surface area contributed by atoms with Crippen LogP contribution < -0.4 is 10.1 Å². The second-order valence-electron chi connectivity index (χ2n) is 6.43. The molecule has 1 N–H and O–H groups in total. The molecule has 1 unspecified atom stereocenters. The molecule has 2 aromatic rings. The van der Waals surface area contributed by atoms with E-state index in [0.29, 0.717) is 12.2 Å². The summed E-state index contributed by atoms with van der Waals surface area (Å²) >= 11 is 0. The summed E-state index contributed by atoms with van der Waals surface area (Å²) in [6.45, 7) is 5.32. The van der Waals surface area contributed by atoms with Crippen molar-refractivity contribution in [3.8, 4) is 11.4 Å². The standard InChI is InChI=1S/C18H24N4O3/c1-12(2)17-16(18(23)19-11-15-5-4-10-25-15)20-21-22(17)13-6-8-14(24-3)9-7-13/h6-9,12,15H,4-5,10-11H2,1-3H3,(H,19,23). The summed E-state index contributed by atoms with van der Waals surface area (Å²) in [6.07, 6.45) is 2.13. The lowest BCUT2D eigenvalue weighted by Gasteiger charge is -2.13. The van der Waals surface area contributed by atoms with Gasteiger partial charge in [-0.2, -0.15) is 0 Å². The van der Waals surface area contributed by atoms with E-state index in [1.165, 1.54) is 0 Å². The minimum atomic E-state index is -0.209. The zero-order valence-electron chi connectivity index (χ0n) is 14.9. The van der Waals surface area contributed by atoms with Crippen molar-refractivity contribution in [3.63, 3.8) is 0 Å². The van der Waals surface area contributed by atoms with Crippen LogP contribution in [0.5, 0.6) is 5.75 Å². The fourth-order valence-corrected chi connectivity index (χ4v) is 2.98. The van der Waals surface area contributed by atoms with Crippen LogP contribution in [0.4, 0.5) is 0 Å². The number of benzene rings is 1. The Morgan fingerprint density at radius 2 is 2.16 bits per heavy atom. The number of carbonyl (C=O) groups excluding carboxylic acids is 1. The molecule has 1 aliphatic heterocycles. The maximum atomic E-state index is 12.6. The van der Waals surface area contributed by atoms with Gasteiger partial charge in [-0.05, 0) is 43.0 Å². The molecule has 7 heteroatoms. The Kier molecular flexibility index (Phi) is 5.33. The first-order chi connectivity index (χ1) is 12.1. The lowest BCUT2D eigenvalue weighted by atomic mass is 10.1. The second-order valence-corrected chi connectivity index (χ2v) is 6.43. The third-order valence-electron chi connectivity index (χ3n) is 4.30. The molecule has 134 valence electrons. The van der Waals surface area contributed by atoms with Crippen LogP contribution in [0.2, 0.25) is 0 Å². The van der Waals surface area contributed by atoms with E-state index < -0.39 is 0 Å². The predicted molar refractivity (Wildman–Crippen MR) is 93.3 cm³/mol. The Hall–Kier alpha value is -2.41. The molecule has 1 atom stereocenters. The van der Waals surface area contributed by atoms with Crippen LogP contribution in [-0.4, -0.2) is 47.3 Å². The number of hydrogen-bond donors (Lipinski definition) is 1. The molecular weight excluding hydrogens is 320 g/mol. The molecule has 1 aromatic heterocycles. The van der Waals surface area contributed by atoms with Gasteiger partial charge in [0.05, 0.1) is 24.6 Å². The highest BCUT2D eigenvalue weighted by atomic mass is 16.5. The van der Waals surface area contributed by atoms with E-state index in [9.17, 15) is 4.79 Å². The number of methoxy groups -OCH3 is 1. The van der Waals surface area contributed by atoms with Crippen molar-refractivity contribution in [2.75, 3.05) is 20.3 Å². The molecule has 0 saturated carbocycles. The fraction of sp³-hybridized carbons (Fsp3) is 0.500.